The Balaban J connectivity index is 1.47. The van der Waals surface area contributed by atoms with Crippen molar-refractivity contribution in [1.29, 1.82) is 0 Å². The number of rotatable bonds is 5. The molecule has 1 N–H and O–H groups in total. The summed E-state index contributed by atoms with van der Waals surface area (Å²) in [4.78, 5) is 16.2. The van der Waals surface area contributed by atoms with Crippen LogP contribution in [0.4, 0.5) is 5.82 Å². The van der Waals surface area contributed by atoms with E-state index < -0.39 is 8.07 Å². The number of carbonyl (C=O) groups excluding carboxylic acids is 1. The van der Waals surface area contributed by atoms with E-state index in [4.69, 9.17) is 4.74 Å². The van der Waals surface area contributed by atoms with Gasteiger partial charge in [-0.05, 0) is 47.9 Å². The standard InChI is InChI=1S/C22H28N2O2Si/c1-26-22(25)18-12-17(18)14-8-11-21(23-13-14)24-19-10-9-16-15(19)6-5-7-20(16)27(2,3)4/h5-8,11,13,17-19H,9-10,12H2,1-4H3,(H,23,24)/t17-,18+,19-/m1/s1. The third-order valence-corrected chi connectivity index (χ3v) is 7.99. The van der Waals surface area contributed by atoms with Crippen LogP contribution in [0.5, 0.6) is 0 Å². The summed E-state index contributed by atoms with van der Waals surface area (Å²) in [7, 11) is 0.129. The molecule has 2 aromatic rings. The van der Waals surface area contributed by atoms with Crippen molar-refractivity contribution in [2.75, 3.05) is 12.4 Å². The van der Waals surface area contributed by atoms with E-state index in [-0.39, 0.29) is 17.8 Å². The maximum atomic E-state index is 11.6. The number of fused-ring (bicyclic) bond motifs is 1. The van der Waals surface area contributed by atoms with E-state index in [0.717, 1.165) is 30.6 Å². The Kier molecular flexibility index (Phi) is 4.58. The van der Waals surface area contributed by atoms with Crippen molar-refractivity contribution in [2.24, 2.45) is 5.92 Å². The van der Waals surface area contributed by atoms with Crippen molar-refractivity contribution in [3.8, 4) is 0 Å². The van der Waals surface area contributed by atoms with Crippen LogP contribution >= 0.6 is 0 Å². The fourth-order valence-electron chi connectivity index (χ4n) is 4.37. The Morgan fingerprint density at radius 2 is 2.04 bits per heavy atom. The van der Waals surface area contributed by atoms with Gasteiger partial charge in [0.05, 0.1) is 27.1 Å². The van der Waals surface area contributed by atoms with Crippen molar-refractivity contribution in [2.45, 2.75) is 50.9 Å². The van der Waals surface area contributed by atoms with Crippen molar-refractivity contribution in [3.05, 3.63) is 53.2 Å². The lowest BCUT2D eigenvalue weighted by molar-refractivity contribution is -0.142. The first-order valence-corrected chi connectivity index (χ1v) is 13.3. The Labute approximate surface area is 162 Å². The summed E-state index contributed by atoms with van der Waals surface area (Å²) >= 11 is 0. The molecule has 1 heterocycles. The number of nitrogens with zero attached hydrogens (tertiary/aromatic N) is 1. The molecule has 0 saturated heterocycles. The number of nitrogens with one attached hydrogen (secondary N) is 1. The molecule has 2 aliphatic rings. The van der Waals surface area contributed by atoms with Gasteiger partial charge in [-0.2, -0.15) is 0 Å². The molecule has 2 aliphatic carbocycles. The van der Waals surface area contributed by atoms with Crippen LogP contribution in [0.3, 0.4) is 0 Å². The molecule has 0 bridgehead atoms. The number of ether oxygens (including phenoxy) is 1. The topological polar surface area (TPSA) is 51.2 Å². The summed E-state index contributed by atoms with van der Waals surface area (Å²) in [5, 5.41) is 5.21. The van der Waals surface area contributed by atoms with Gasteiger partial charge in [0.2, 0.25) is 0 Å². The van der Waals surface area contributed by atoms with Crippen molar-refractivity contribution in [1.82, 2.24) is 4.98 Å². The number of hydrogen-bond acceptors (Lipinski definition) is 4. The lowest BCUT2D eigenvalue weighted by Crippen LogP contribution is -2.40. The van der Waals surface area contributed by atoms with Gasteiger partial charge in [0.15, 0.2) is 0 Å². The molecule has 0 radical (unpaired) electrons. The van der Waals surface area contributed by atoms with E-state index in [1.54, 1.807) is 10.8 Å². The predicted octanol–water partition coefficient (Wildman–Crippen LogP) is 4.00. The first-order chi connectivity index (χ1) is 12.9. The van der Waals surface area contributed by atoms with Crippen LogP contribution in [0, 0.1) is 5.92 Å². The Bertz CT molecular complexity index is 858. The lowest BCUT2D eigenvalue weighted by atomic mass is 10.1. The molecule has 1 aromatic carbocycles. The molecule has 5 heteroatoms. The third-order valence-electron chi connectivity index (χ3n) is 5.91. The maximum absolute atomic E-state index is 11.6. The summed E-state index contributed by atoms with van der Waals surface area (Å²) in [6.45, 7) is 7.26. The molecule has 0 unspecified atom stereocenters. The largest absolute Gasteiger partial charge is 0.469 e. The van der Waals surface area contributed by atoms with Crippen LogP contribution in [-0.2, 0) is 16.0 Å². The van der Waals surface area contributed by atoms with Gasteiger partial charge in [-0.3, -0.25) is 4.79 Å². The van der Waals surface area contributed by atoms with E-state index in [2.05, 4.69) is 54.2 Å². The van der Waals surface area contributed by atoms with Crippen LogP contribution in [0.1, 0.15) is 41.5 Å². The van der Waals surface area contributed by atoms with E-state index >= 15 is 0 Å². The van der Waals surface area contributed by atoms with E-state index in [1.165, 1.54) is 12.7 Å². The predicted molar refractivity (Wildman–Crippen MR) is 111 cm³/mol. The van der Waals surface area contributed by atoms with Gasteiger partial charge < -0.3 is 10.1 Å². The molecule has 0 amide bonds. The quantitative estimate of drug-likeness (QED) is 0.629. The van der Waals surface area contributed by atoms with Crippen molar-refractivity contribution < 1.29 is 9.53 Å². The Morgan fingerprint density at radius 3 is 2.70 bits per heavy atom. The second-order valence-electron chi connectivity index (χ2n) is 8.81. The Morgan fingerprint density at radius 1 is 1.22 bits per heavy atom. The van der Waals surface area contributed by atoms with Crippen LogP contribution in [0.2, 0.25) is 19.6 Å². The van der Waals surface area contributed by atoms with Gasteiger partial charge in [-0.25, -0.2) is 4.98 Å². The second-order valence-corrected chi connectivity index (χ2v) is 13.8. The molecule has 4 nitrogen and oxygen atoms in total. The minimum absolute atomic E-state index is 0.0114. The van der Waals surface area contributed by atoms with E-state index in [9.17, 15) is 4.79 Å². The van der Waals surface area contributed by atoms with E-state index in [1.807, 2.05) is 12.3 Å². The third kappa shape index (κ3) is 3.53. The fourth-order valence-corrected chi connectivity index (χ4v) is 6.14. The number of esters is 1. The SMILES string of the molecule is COC(=O)[C@H]1C[C@@H]1c1ccc(N[C@@H]2CCc3c2cccc3[Si](C)(C)C)nc1. The monoisotopic (exact) mass is 380 g/mol. The summed E-state index contributed by atoms with van der Waals surface area (Å²) in [5.41, 5.74) is 4.13. The highest BCUT2D eigenvalue weighted by molar-refractivity contribution is 6.89. The molecule has 142 valence electrons. The normalized spacial score (nSPS) is 23.6. The molecule has 0 aliphatic heterocycles. The van der Waals surface area contributed by atoms with Crippen molar-refractivity contribution >= 4 is 25.0 Å². The summed E-state index contributed by atoms with van der Waals surface area (Å²) < 4.78 is 4.84. The molecular formula is C22H28N2O2Si. The van der Waals surface area contributed by atoms with Crippen LogP contribution in [0.25, 0.3) is 0 Å². The zero-order chi connectivity index (χ0) is 19.2. The van der Waals surface area contributed by atoms with Crippen LogP contribution < -0.4 is 10.5 Å². The minimum Gasteiger partial charge on any atom is -0.469 e. The number of methoxy groups -OCH3 is 1. The van der Waals surface area contributed by atoms with Crippen LogP contribution in [0.15, 0.2) is 36.5 Å². The highest BCUT2D eigenvalue weighted by Crippen LogP contribution is 2.48. The summed E-state index contributed by atoms with van der Waals surface area (Å²) in [6.07, 6.45) is 5.04. The van der Waals surface area contributed by atoms with Gasteiger partial charge in [0.25, 0.3) is 0 Å². The highest BCUT2D eigenvalue weighted by Gasteiger charge is 2.45. The Hall–Kier alpha value is -2.14. The number of aromatic nitrogens is 1. The average Bonchev–Trinajstić information content (AvgIpc) is 3.35. The van der Waals surface area contributed by atoms with Gasteiger partial charge in [-0.1, -0.05) is 49.1 Å². The smallest absolute Gasteiger partial charge is 0.309 e. The highest BCUT2D eigenvalue weighted by atomic mass is 28.3. The average molecular weight is 381 g/mol. The first kappa shape index (κ1) is 18.2. The summed E-state index contributed by atoms with van der Waals surface area (Å²) in [6, 6.07) is 11.3. The number of pyridine rings is 1. The number of hydrogen-bond donors (Lipinski definition) is 1. The van der Waals surface area contributed by atoms with Gasteiger partial charge in [-0.15, -0.1) is 0 Å². The number of anilines is 1. The molecule has 0 spiro atoms. The molecule has 1 fully saturated rings. The number of carbonyl (C=O) groups is 1. The first-order valence-electron chi connectivity index (χ1n) is 9.81. The minimum atomic E-state index is -1.33. The molecule has 27 heavy (non-hydrogen) atoms. The maximum Gasteiger partial charge on any atom is 0.309 e. The fraction of sp³-hybridized carbons (Fsp3) is 0.455. The van der Waals surface area contributed by atoms with Gasteiger partial charge in [0.1, 0.15) is 5.82 Å². The van der Waals surface area contributed by atoms with Crippen molar-refractivity contribution in [3.63, 3.8) is 0 Å². The summed E-state index contributed by atoms with van der Waals surface area (Å²) in [5.74, 6) is 1.08. The number of benzene rings is 1. The molecular weight excluding hydrogens is 352 g/mol. The zero-order valence-corrected chi connectivity index (χ0v) is 17.6. The van der Waals surface area contributed by atoms with Crippen LogP contribution in [-0.4, -0.2) is 26.1 Å². The van der Waals surface area contributed by atoms with E-state index in [0.29, 0.717) is 6.04 Å². The second kappa shape index (κ2) is 6.79. The molecule has 1 saturated carbocycles. The zero-order valence-electron chi connectivity index (χ0n) is 16.6. The van der Waals surface area contributed by atoms with Gasteiger partial charge >= 0.3 is 5.97 Å². The molecule has 3 atom stereocenters. The molecule has 1 aromatic heterocycles. The molecule has 4 rings (SSSR count). The lowest BCUT2D eigenvalue weighted by Gasteiger charge is -2.21. The van der Waals surface area contributed by atoms with Gasteiger partial charge in [0, 0.05) is 6.20 Å².